The summed E-state index contributed by atoms with van der Waals surface area (Å²) in [5.74, 6) is -0.311. The van der Waals surface area contributed by atoms with Crippen LogP contribution in [-0.4, -0.2) is 62.2 Å². The third-order valence-corrected chi connectivity index (χ3v) is 7.86. The molecule has 1 aliphatic heterocycles. The maximum absolute atomic E-state index is 13.0. The van der Waals surface area contributed by atoms with Crippen LogP contribution < -0.4 is 10.6 Å². The molecule has 3 rings (SSSR count). The first kappa shape index (κ1) is 24.7. The number of anilines is 2. The van der Waals surface area contributed by atoms with Gasteiger partial charge in [0.2, 0.25) is 15.9 Å². The minimum absolute atomic E-state index is 0.0153. The third-order valence-electron chi connectivity index (χ3n) is 5.80. The highest BCUT2D eigenvalue weighted by Gasteiger charge is 2.24. The predicted octanol–water partition coefficient (Wildman–Crippen LogP) is 3.31. The topological polar surface area (TPSA) is 98.8 Å². The number of nitrogens with zero attached hydrogens (tertiary/aromatic N) is 2. The van der Waals surface area contributed by atoms with Gasteiger partial charge in [-0.2, -0.15) is 4.31 Å². The minimum Gasteiger partial charge on any atom is -0.375 e. The van der Waals surface area contributed by atoms with E-state index in [1.165, 1.54) is 16.4 Å². The maximum Gasteiger partial charge on any atom is 0.256 e. The molecule has 2 aromatic carbocycles. The minimum atomic E-state index is -3.54. The zero-order valence-corrected chi connectivity index (χ0v) is 20.2. The summed E-state index contributed by atoms with van der Waals surface area (Å²) in [5.41, 5.74) is 2.58. The molecule has 0 atom stereocenters. The Kier molecular flexibility index (Phi) is 8.10. The Hall–Kier alpha value is -2.91. The van der Waals surface area contributed by atoms with E-state index in [1.807, 2.05) is 24.0 Å². The van der Waals surface area contributed by atoms with E-state index in [2.05, 4.69) is 10.6 Å². The van der Waals surface area contributed by atoms with E-state index in [4.69, 9.17) is 0 Å². The van der Waals surface area contributed by atoms with Crippen LogP contribution in [0.1, 0.15) is 42.6 Å². The number of sulfonamides is 1. The number of nitrogens with one attached hydrogen (secondary N) is 2. The summed E-state index contributed by atoms with van der Waals surface area (Å²) in [6, 6.07) is 11.7. The molecule has 178 valence electrons. The van der Waals surface area contributed by atoms with Gasteiger partial charge >= 0.3 is 0 Å². The highest BCUT2D eigenvalue weighted by molar-refractivity contribution is 7.89. The summed E-state index contributed by atoms with van der Waals surface area (Å²) in [6.45, 7) is 7.75. The van der Waals surface area contributed by atoms with Crippen LogP contribution >= 0.6 is 0 Å². The van der Waals surface area contributed by atoms with Crippen molar-refractivity contribution < 1.29 is 18.0 Å². The molecule has 8 nitrogen and oxygen atoms in total. The van der Waals surface area contributed by atoms with Crippen LogP contribution in [0.5, 0.6) is 0 Å². The van der Waals surface area contributed by atoms with E-state index >= 15 is 0 Å². The Morgan fingerprint density at radius 3 is 2.24 bits per heavy atom. The van der Waals surface area contributed by atoms with Gasteiger partial charge in [0.25, 0.3) is 5.91 Å². The number of carbonyl (C=O) groups is 2. The van der Waals surface area contributed by atoms with Crippen molar-refractivity contribution in [1.82, 2.24) is 9.21 Å². The first-order valence-electron chi connectivity index (χ1n) is 11.3. The lowest BCUT2D eigenvalue weighted by Crippen LogP contribution is -2.30. The molecule has 0 radical (unpaired) electrons. The highest BCUT2D eigenvalue weighted by atomic mass is 32.2. The van der Waals surface area contributed by atoms with Crippen LogP contribution in [0.15, 0.2) is 47.4 Å². The molecule has 0 aromatic heterocycles. The number of carbonyl (C=O) groups excluding carboxylic acids is 2. The number of hydrogen-bond acceptors (Lipinski definition) is 5. The lowest BCUT2D eigenvalue weighted by atomic mass is 10.0. The molecule has 1 heterocycles. The zero-order valence-electron chi connectivity index (χ0n) is 19.4. The molecule has 0 aliphatic carbocycles. The quantitative estimate of drug-likeness (QED) is 0.583. The molecule has 2 amide bonds. The van der Waals surface area contributed by atoms with Gasteiger partial charge in [0.1, 0.15) is 0 Å². The van der Waals surface area contributed by atoms with Gasteiger partial charge in [-0.25, -0.2) is 8.42 Å². The molecule has 0 unspecified atom stereocenters. The van der Waals surface area contributed by atoms with Crippen molar-refractivity contribution in [2.75, 3.05) is 43.4 Å². The lowest BCUT2D eigenvalue weighted by Gasteiger charge is -2.20. The van der Waals surface area contributed by atoms with Crippen molar-refractivity contribution in [2.45, 2.75) is 38.5 Å². The Labute approximate surface area is 196 Å². The van der Waals surface area contributed by atoms with Gasteiger partial charge < -0.3 is 15.5 Å². The van der Waals surface area contributed by atoms with E-state index in [1.54, 1.807) is 32.0 Å². The van der Waals surface area contributed by atoms with Crippen LogP contribution in [0.3, 0.4) is 0 Å². The molecule has 1 fully saturated rings. The van der Waals surface area contributed by atoms with Crippen LogP contribution in [-0.2, 0) is 14.8 Å². The van der Waals surface area contributed by atoms with Gasteiger partial charge in [-0.05, 0) is 55.7 Å². The molecular weight excluding hydrogens is 440 g/mol. The van der Waals surface area contributed by atoms with Crippen molar-refractivity contribution >= 4 is 33.2 Å². The normalized spacial score (nSPS) is 13.9. The summed E-state index contributed by atoms with van der Waals surface area (Å²) in [5, 5.41) is 5.84. The molecule has 0 saturated carbocycles. The summed E-state index contributed by atoms with van der Waals surface area (Å²) in [6.07, 6.45) is 2.02. The highest BCUT2D eigenvalue weighted by Crippen LogP contribution is 2.24. The number of rotatable bonds is 9. The van der Waals surface area contributed by atoms with E-state index in [0.717, 1.165) is 31.5 Å². The fourth-order valence-electron chi connectivity index (χ4n) is 3.98. The Morgan fingerprint density at radius 1 is 1.00 bits per heavy atom. The van der Waals surface area contributed by atoms with Gasteiger partial charge in [-0.15, -0.1) is 0 Å². The van der Waals surface area contributed by atoms with E-state index in [0.29, 0.717) is 30.0 Å². The predicted molar refractivity (Wildman–Crippen MR) is 130 cm³/mol. The van der Waals surface area contributed by atoms with Crippen molar-refractivity contribution in [3.8, 4) is 0 Å². The van der Waals surface area contributed by atoms with E-state index < -0.39 is 10.0 Å². The monoisotopic (exact) mass is 472 g/mol. The van der Waals surface area contributed by atoms with Gasteiger partial charge in [0.15, 0.2) is 0 Å². The van der Waals surface area contributed by atoms with Gasteiger partial charge in [0, 0.05) is 37.6 Å². The molecule has 2 N–H and O–H groups in total. The summed E-state index contributed by atoms with van der Waals surface area (Å²) >= 11 is 0. The lowest BCUT2D eigenvalue weighted by molar-refractivity contribution is -0.114. The molecule has 0 spiro atoms. The van der Waals surface area contributed by atoms with Crippen LogP contribution in [0.25, 0.3) is 0 Å². The molecule has 33 heavy (non-hydrogen) atoms. The standard InChI is InChI=1S/C24H32N4O4S/c1-4-28(5-2)33(31,32)20-13-11-19(12-14-20)26-22(29)17-25-21-10-8-9-18(3)23(21)24(30)27-15-6-7-16-27/h8-14,25H,4-7,15-17H2,1-3H3,(H,26,29). The second kappa shape index (κ2) is 10.8. The molecule has 1 saturated heterocycles. The SMILES string of the molecule is CCN(CC)S(=O)(=O)c1ccc(NC(=O)CNc2cccc(C)c2C(=O)N2CCCC2)cc1. The molecule has 2 aromatic rings. The number of likely N-dealkylation sites (tertiary alicyclic amines) is 1. The molecule has 1 aliphatic rings. The zero-order chi connectivity index (χ0) is 24.0. The summed E-state index contributed by atoms with van der Waals surface area (Å²) in [4.78, 5) is 27.5. The van der Waals surface area contributed by atoms with Crippen LogP contribution in [0.4, 0.5) is 11.4 Å². The fraction of sp³-hybridized carbons (Fsp3) is 0.417. The number of aryl methyl sites for hydroxylation is 1. The van der Waals surface area contributed by atoms with E-state index in [-0.39, 0.29) is 23.3 Å². The first-order chi connectivity index (χ1) is 15.8. The average Bonchev–Trinajstić information content (AvgIpc) is 3.33. The van der Waals surface area contributed by atoms with Crippen molar-refractivity contribution in [3.63, 3.8) is 0 Å². The summed E-state index contributed by atoms with van der Waals surface area (Å²) in [7, 11) is -3.54. The molecule has 9 heteroatoms. The fourth-order valence-corrected chi connectivity index (χ4v) is 5.44. The molecular formula is C24H32N4O4S. The van der Waals surface area contributed by atoms with Gasteiger partial charge in [0.05, 0.1) is 17.0 Å². The smallest absolute Gasteiger partial charge is 0.256 e. The summed E-state index contributed by atoms with van der Waals surface area (Å²) < 4.78 is 26.6. The van der Waals surface area contributed by atoms with Crippen molar-refractivity contribution in [2.24, 2.45) is 0 Å². The van der Waals surface area contributed by atoms with Crippen LogP contribution in [0.2, 0.25) is 0 Å². The Bertz CT molecular complexity index is 1090. The number of benzene rings is 2. The van der Waals surface area contributed by atoms with E-state index in [9.17, 15) is 18.0 Å². The largest absolute Gasteiger partial charge is 0.375 e. The van der Waals surface area contributed by atoms with Gasteiger partial charge in [-0.1, -0.05) is 26.0 Å². The van der Waals surface area contributed by atoms with Crippen molar-refractivity contribution in [1.29, 1.82) is 0 Å². The number of amides is 2. The second-order valence-electron chi connectivity index (χ2n) is 8.01. The average molecular weight is 473 g/mol. The first-order valence-corrected chi connectivity index (χ1v) is 12.7. The van der Waals surface area contributed by atoms with Crippen LogP contribution in [0, 0.1) is 6.92 Å². The molecule has 0 bridgehead atoms. The maximum atomic E-state index is 13.0. The van der Waals surface area contributed by atoms with Gasteiger partial charge in [-0.3, -0.25) is 9.59 Å². The Morgan fingerprint density at radius 2 is 1.64 bits per heavy atom. The third kappa shape index (κ3) is 5.72. The van der Waals surface area contributed by atoms with Crippen molar-refractivity contribution in [3.05, 3.63) is 53.6 Å². The second-order valence-corrected chi connectivity index (χ2v) is 9.95. The number of hydrogen-bond donors (Lipinski definition) is 2. The Balaban J connectivity index is 1.64.